The molecular weight excluding hydrogens is 486 g/mol. The van der Waals surface area contributed by atoms with Crippen molar-refractivity contribution in [1.29, 1.82) is 0 Å². The van der Waals surface area contributed by atoms with Crippen LogP contribution in [0.3, 0.4) is 0 Å². The Balaban J connectivity index is 1.83. The van der Waals surface area contributed by atoms with Gasteiger partial charge in [-0.2, -0.15) is 0 Å². The van der Waals surface area contributed by atoms with Crippen molar-refractivity contribution in [3.8, 4) is 0 Å². The van der Waals surface area contributed by atoms with Crippen LogP contribution in [-0.4, -0.2) is 29.9 Å². The van der Waals surface area contributed by atoms with Gasteiger partial charge in [0, 0.05) is 34.3 Å². The molecule has 2 rings (SSSR count). The molecule has 1 heterocycles. The lowest BCUT2D eigenvalue weighted by Gasteiger charge is -2.23. The SMILES string of the molecule is C=C(NC(=O)Cc1ccc(N(CCC)CCCl)cc1)S/C(=C\C)SCc1ncc(C(C)(C)C)o1. The van der Waals surface area contributed by atoms with E-state index >= 15 is 0 Å². The highest BCUT2D eigenvalue weighted by atomic mass is 35.5. The van der Waals surface area contributed by atoms with E-state index in [1.807, 2.05) is 25.1 Å². The maximum absolute atomic E-state index is 12.5. The quantitative estimate of drug-likeness (QED) is 0.284. The molecule has 0 fully saturated rings. The molecular formula is C26H36ClN3O2S2. The predicted molar refractivity (Wildman–Crippen MR) is 148 cm³/mol. The molecule has 0 bridgehead atoms. The van der Waals surface area contributed by atoms with E-state index < -0.39 is 0 Å². The van der Waals surface area contributed by atoms with Crippen molar-refractivity contribution < 1.29 is 9.21 Å². The normalized spacial score (nSPS) is 12.0. The Hall–Kier alpha value is -1.83. The summed E-state index contributed by atoms with van der Waals surface area (Å²) < 4.78 is 6.89. The van der Waals surface area contributed by atoms with Gasteiger partial charge < -0.3 is 14.6 Å². The second kappa shape index (κ2) is 13.9. The number of benzene rings is 1. The van der Waals surface area contributed by atoms with Gasteiger partial charge in [-0.15, -0.1) is 23.4 Å². The van der Waals surface area contributed by atoms with E-state index in [4.69, 9.17) is 16.0 Å². The lowest BCUT2D eigenvalue weighted by Crippen LogP contribution is -2.26. The summed E-state index contributed by atoms with van der Waals surface area (Å²) in [6.07, 6.45) is 5.15. The minimum absolute atomic E-state index is 0.0634. The fraction of sp³-hybridized carbons (Fsp3) is 0.462. The molecule has 1 aromatic heterocycles. The average Bonchev–Trinajstić information content (AvgIpc) is 3.26. The molecule has 0 unspecified atom stereocenters. The van der Waals surface area contributed by atoms with Crippen LogP contribution in [0.5, 0.6) is 0 Å². The molecule has 2 aromatic rings. The fourth-order valence-corrected chi connectivity index (χ4v) is 5.14. The van der Waals surface area contributed by atoms with Gasteiger partial charge in [-0.05, 0) is 31.0 Å². The monoisotopic (exact) mass is 521 g/mol. The van der Waals surface area contributed by atoms with Crippen molar-refractivity contribution in [3.63, 3.8) is 0 Å². The third-order valence-electron chi connectivity index (χ3n) is 4.88. The molecule has 186 valence electrons. The second-order valence-corrected chi connectivity index (χ2v) is 11.6. The van der Waals surface area contributed by atoms with Gasteiger partial charge in [0.2, 0.25) is 11.8 Å². The maximum Gasteiger partial charge on any atom is 0.229 e. The largest absolute Gasteiger partial charge is 0.444 e. The summed E-state index contributed by atoms with van der Waals surface area (Å²) in [5.41, 5.74) is 2.02. The van der Waals surface area contributed by atoms with Crippen LogP contribution < -0.4 is 10.2 Å². The number of carbonyl (C=O) groups excluding carboxylic acids is 1. The number of nitrogens with one attached hydrogen (secondary N) is 1. The highest BCUT2D eigenvalue weighted by Gasteiger charge is 2.19. The molecule has 0 aliphatic heterocycles. The van der Waals surface area contributed by atoms with Gasteiger partial charge in [0.25, 0.3) is 0 Å². The summed E-state index contributed by atoms with van der Waals surface area (Å²) in [6.45, 7) is 16.2. The number of alkyl halides is 1. The van der Waals surface area contributed by atoms with E-state index in [0.717, 1.165) is 40.8 Å². The Morgan fingerprint density at radius 3 is 2.53 bits per heavy atom. The number of carbonyl (C=O) groups is 1. The Kier molecular flexibility index (Phi) is 11.6. The molecule has 0 aliphatic carbocycles. The molecule has 0 spiro atoms. The zero-order valence-electron chi connectivity index (χ0n) is 20.8. The van der Waals surface area contributed by atoms with Crippen LogP contribution in [0.25, 0.3) is 0 Å². The lowest BCUT2D eigenvalue weighted by atomic mass is 9.94. The van der Waals surface area contributed by atoms with Gasteiger partial charge >= 0.3 is 0 Å². The fourth-order valence-electron chi connectivity index (χ4n) is 3.13. The van der Waals surface area contributed by atoms with E-state index in [9.17, 15) is 4.79 Å². The Morgan fingerprint density at radius 2 is 1.97 bits per heavy atom. The van der Waals surface area contributed by atoms with E-state index in [1.165, 1.54) is 11.8 Å². The number of rotatable bonds is 13. The van der Waals surface area contributed by atoms with Crippen LogP contribution in [-0.2, 0) is 22.4 Å². The Labute approximate surface area is 217 Å². The minimum Gasteiger partial charge on any atom is -0.444 e. The number of halogens is 1. The van der Waals surface area contributed by atoms with Gasteiger partial charge in [0.05, 0.1) is 23.4 Å². The summed E-state index contributed by atoms with van der Waals surface area (Å²) in [5, 5.41) is 3.50. The molecule has 0 radical (unpaired) electrons. The van der Waals surface area contributed by atoms with Crippen LogP contribution in [0.2, 0.25) is 0 Å². The first-order chi connectivity index (χ1) is 16.2. The van der Waals surface area contributed by atoms with Gasteiger partial charge in [0.15, 0.2) is 0 Å². The number of allylic oxidation sites excluding steroid dienone is 1. The summed E-state index contributed by atoms with van der Waals surface area (Å²) in [6, 6.07) is 8.10. The molecule has 0 saturated carbocycles. The molecule has 1 aromatic carbocycles. The molecule has 5 nitrogen and oxygen atoms in total. The Bertz CT molecular complexity index is 959. The van der Waals surface area contributed by atoms with Crippen LogP contribution in [0.4, 0.5) is 5.69 Å². The number of aromatic nitrogens is 1. The number of oxazole rings is 1. The number of amides is 1. The summed E-state index contributed by atoms with van der Waals surface area (Å²) in [7, 11) is 0. The van der Waals surface area contributed by atoms with Gasteiger partial charge in [0.1, 0.15) is 5.76 Å². The second-order valence-electron chi connectivity index (χ2n) is 8.86. The van der Waals surface area contributed by atoms with E-state index in [0.29, 0.717) is 29.0 Å². The van der Waals surface area contributed by atoms with Crippen LogP contribution in [0.15, 0.2) is 56.8 Å². The summed E-state index contributed by atoms with van der Waals surface area (Å²) in [4.78, 5) is 19.2. The van der Waals surface area contributed by atoms with Gasteiger partial charge in [-0.1, -0.05) is 64.2 Å². The van der Waals surface area contributed by atoms with E-state index in [-0.39, 0.29) is 11.3 Å². The summed E-state index contributed by atoms with van der Waals surface area (Å²) >= 11 is 8.98. The molecule has 1 N–H and O–H groups in total. The molecule has 1 amide bonds. The Morgan fingerprint density at radius 1 is 1.26 bits per heavy atom. The van der Waals surface area contributed by atoms with E-state index in [1.54, 1.807) is 18.0 Å². The maximum atomic E-state index is 12.5. The van der Waals surface area contributed by atoms with E-state index in [2.05, 4.69) is 61.6 Å². The average molecular weight is 522 g/mol. The number of nitrogens with zero attached hydrogens (tertiary/aromatic N) is 2. The first kappa shape index (κ1) is 28.4. The highest BCUT2D eigenvalue weighted by molar-refractivity contribution is 8.23. The molecule has 0 saturated heterocycles. The zero-order valence-corrected chi connectivity index (χ0v) is 23.2. The van der Waals surface area contributed by atoms with Crippen molar-refractivity contribution in [2.75, 3.05) is 23.9 Å². The topological polar surface area (TPSA) is 58.4 Å². The summed E-state index contributed by atoms with van der Waals surface area (Å²) in [5.74, 6) is 2.69. The third kappa shape index (κ3) is 9.43. The van der Waals surface area contributed by atoms with Gasteiger partial charge in [-0.3, -0.25) is 4.79 Å². The smallest absolute Gasteiger partial charge is 0.229 e. The lowest BCUT2D eigenvalue weighted by molar-refractivity contribution is -0.119. The standard InChI is InChI=1S/C26H36ClN3O2S2/c1-7-14-30(15-13-27)21-11-9-20(10-12-21)16-23(31)29-19(3)34-25(8-2)33-18-24-28-17-22(32-24)26(4,5)6/h8-12,17H,3,7,13-16,18H2,1-2,4-6H3,(H,29,31)/b25-8-. The van der Waals surface area contributed by atoms with Gasteiger partial charge in [-0.25, -0.2) is 4.98 Å². The number of anilines is 1. The first-order valence-corrected chi connectivity index (χ1v) is 13.8. The highest BCUT2D eigenvalue weighted by Crippen LogP contribution is 2.35. The third-order valence-corrected chi connectivity index (χ3v) is 7.35. The number of hydrogen-bond donors (Lipinski definition) is 1. The van der Waals surface area contributed by atoms with Crippen LogP contribution >= 0.6 is 35.1 Å². The first-order valence-electron chi connectivity index (χ1n) is 11.5. The van der Waals surface area contributed by atoms with Crippen molar-refractivity contribution in [2.45, 2.75) is 58.6 Å². The molecule has 8 heteroatoms. The molecule has 0 aliphatic rings. The minimum atomic E-state index is -0.0839. The predicted octanol–water partition coefficient (Wildman–Crippen LogP) is 7.09. The van der Waals surface area contributed by atoms with Crippen molar-refractivity contribution >= 4 is 46.7 Å². The van der Waals surface area contributed by atoms with Crippen LogP contribution in [0, 0.1) is 0 Å². The molecule has 34 heavy (non-hydrogen) atoms. The van der Waals surface area contributed by atoms with Crippen LogP contribution in [0.1, 0.15) is 58.3 Å². The van der Waals surface area contributed by atoms with Crippen molar-refractivity contribution in [3.05, 3.63) is 69.6 Å². The number of hydrogen-bond acceptors (Lipinski definition) is 6. The zero-order chi connectivity index (χ0) is 25.1. The molecule has 0 atom stereocenters. The number of thioether (sulfide) groups is 2. The van der Waals surface area contributed by atoms with Crippen molar-refractivity contribution in [2.24, 2.45) is 0 Å². The van der Waals surface area contributed by atoms with Crippen molar-refractivity contribution in [1.82, 2.24) is 10.3 Å².